The van der Waals surface area contributed by atoms with Gasteiger partial charge in [0.2, 0.25) is 0 Å². The summed E-state index contributed by atoms with van der Waals surface area (Å²) in [6.07, 6.45) is -3.94. The fraction of sp³-hybridized carbons (Fsp3) is 0.375. The Labute approximate surface area is 87.9 Å². The summed E-state index contributed by atoms with van der Waals surface area (Å²) in [6.45, 7) is 0. The van der Waals surface area contributed by atoms with Crippen LogP contribution in [0.5, 0.6) is 0 Å². The van der Waals surface area contributed by atoms with E-state index in [1.807, 2.05) is 0 Å². The van der Waals surface area contributed by atoms with Crippen LogP contribution < -0.4 is 0 Å². The number of halogens is 4. The smallest absolute Gasteiger partial charge is 0.223 e. The van der Waals surface area contributed by atoms with E-state index in [0.29, 0.717) is 12.3 Å². The summed E-state index contributed by atoms with van der Waals surface area (Å²) in [5, 5.41) is 1.12. The van der Waals surface area contributed by atoms with E-state index in [0.717, 1.165) is 16.7 Å². The van der Waals surface area contributed by atoms with Crippen molar-refractivity contribution in [3.8, 4) is 11.8 Å². The second kappa shape index (κ2) is 4.67. The van der Waals surface area contributed by atoms with Gasteiger partial charge in [-0.25, -0.2) is 4.98 Å². The first-order valence-electron chi connectivity index (χ1n) is 3.61. The Morgan fingerprint density at radius 2 is 2.21 bits per heavy atom. The first-order valence-corrected chi connectivity index (χ1v) is 5.03. The first-order chi connectivity index (χ1) is 6.54. The van der Waals surface area contributed by atoms with Gasteiger partial charge in [0.1, 0.15) is 0 Å². The molecule has 1 nitrogen and oxygen atoms in total. The van der Waals surface area contributed by atoms with E-state index in [1.54, 1.807) is 0 Å². The molecule has 0 unspecified atom stereocenters. The summed E-state index contributed by atoms with van der Waals surface area (Å²) < 4.78 is 36.2. The molecule has 0 atom stereocenters. The van der Waals surface area contributed by atoms with Gasteiger partial charge in [-0.1, -0.05) is 5.92 Å². The lowest BCUT2D eigenvalue weighted by Gasteiger charge is -1.98. The molecule has 0 aromatic carbocycles. The number of alkyl halides is 4. The SMILES string of the molecule is FC(F)(F)c1csc(C#CCCCl)n1. The Morgan fingerprint density at radius 3 is 2.71 bits per heavy atom. The van der Waals surface area contributed by atoms with Crippen LogP contribution in [0.3, 0.4) is 0 Å². The lowest BCUT2D eigenvalue weighted by molar-refractivity contribution is -0.140. The van der Waals surface area contributed by atoms with Crippen molar-refractivity contribution < 1.29 is 13.2 Å². The summed E-state index contributed by atoms with van der Waals surface area (Å²) in [7, 11) is 0. The zero-order valence-electron chi connectivity index (χ0n) is 6.86. The lowest BCUT2D eigenvalue weighted by atomic mass is 10.4. The minimum absolute atomic E-state index is 0.169. The molecule has 0 saturated heterocycles. The zero-order valence-corrected chi connectivity index (χ0v) is 8.43. The lowest BCUT2D eigenvalue weighted by Crippen LogP contribution is -2.04. The van der Waals surface area contributed by atoms with Gasteiger partial charge < -0.3 is 0 Å². The fourth-order valence-corrected chi connectivity index (χ4v) is 1.43. The van der Waals surface area contributed by atoms with Crippen LogP contribution in [-0.4, -0.2) is 10.9 Å². The molecule has 76 valence electrons. The van der Waals surface area contributed by atoms with Crippen molar-refractivity contribution in [3.05, 3.63) is 16.1 Å². The van der Waals surface area contributed by atoms with Crippen LogP contribution in [0.2, 0.25) is 0 Å². The van der Waals surface area contributed by atoms with Gasteiger partial charge in [0.05, 0.1) is 0 Å². The maximum atomic E-state index is 12.1. The van der Waals surface area contributed by atoms with Gasteiger partial charge in [-0.2, -0.15) is 13.2 Å². The molecule has 0 saturated carbocycles. The monoisotopic (exact) mass is 239 g/mol. The largest absolute Gasteiger partial charge is 0.434 e. The minimum atomic E-state index is -4.39. The van der Waals surface area contributed by atoms with Crippen LogP contribution >= 0.6 is 22.9 Å². The van der Waals surface area contributed by atoms with Crippen molar-refractivity contribution in [2.75, 3.05) is 5.88 Å². The summed E-state index contributed by atoms with van der Waals surface area (Å²) >= 11 is 6.23. The van der Waals surface area contributed by atoms with Crippen molar-refractivity contribution in [3.63, 3.8) is 0 Å². The van der Waals surface area contributed by atoms with Crippen LogP contribution in [0.25, 0.3) is 0 Å². The normalized spacial score (nSPS) is 10.9. The van der Waals surface area contributed by atoms with E-state index >= 15 is 0 Å². The molecule has 0 bridgehead atoms. The standard InChI is InChI=1S/C8H5ClF3NS/c9-4-2-1-3-7-13-6(5-14-7)8(10,11)12/h5H,2,4H2. The van der Waals surface area contributed by atoms with Crippen molar-refractivity contribution >= 4 is 22.9 Å². The van der Waals surface area contributed by atoms with Crippen molar-refractivity contribution in [1.82, 2.24) is 4.98 Å². The number of hydrogen-bond acceptors (Lipinski definition) is 2. The van der Waals surface area contributed by atoms with Gasteiger partial charge in [0, 0.05) is 17.7 Å². The van der Waals surface area contributed by atoms with Gasteiger partial charge in [-0.3, -0.25) is 0 Å². The van der Waals surface area contributed by atoms with E-state index in [9.17, 15) is 13.2 Å². The molecule has 14 heavy (non-hydrogen) atoms. The second-order valence-corrected chi connectivity index (χ2v) is 3.51. The number of rotatable bonds is 1. The molecule has 1 aromatic rings. The predicted octanol–water partition coefficient (Wildman–Crippen LogP) is 3.14. The quantitative estimate of drug-likeness (QED) is 0.542. The molecule has 6 heteroatoms. The minimum Gasteiger partial charge on any atom is -0.223 e. The van der Waals surface area contributed by atoms with E-state index in [2.05, 4.69) is 16.8 Å². The third kappa shape index (κ3) is 3.20. The average molecular weight is 240 g/mol. The third-order valence-corrected chi connectivity index (χ3v) is 2.16. The molecular weight excluding hydrogens is 235 g/mol. The van der Waals surface area contributed by atoms with Crippen molar-refractivity contribution in [2.24, 2.45) is 0 Å². The summed E-state index contributed by atoms with van der Waals surface area (Å²) in [6, 6.07) is 0. The summed E-state index contributed by atoms with van der Waals surface area (Å²) in [5.41, 5.74) is -0.891. The van der Waals surface area contributed by atoms with Crippen molar-refractivity contribution in [1.29, 1.82) is 0 Å². The summed E-state index contributed by atoms with van der Waals surface area (Å²) in [5.74, 6) is 5.49. The van der Waals surface area contributed by atoms with E-state index in [1.165, 1.54) is 0 Å². The second-order valence-electron chi connectivity index (χ2n) is 2.28. The topological polar surface area (TPSA) is 12.9 Å². The highest BCUT2D eigenvalue weighted by atomic mass is 35.5. The molecule has 0 aliphatic carbocycles. The molecule has 1 rings (SSSR count). The van der Waals surface area contributed by atoms with Gasteiger partial charge in [-0.15, -0.1) is 22.9 Å². The maximum Gasteiger partial charge on any atom is 0.434 e. The Morgan fingerprint density at radius 1 is 1.50 bits per heavy atom. The fourth-order valence-electron chi connectivity index (χ4n) is 0.647. The molecule has 0 aliphatic rings. The van der Waals surface area contributed by atoms with Crippen LogP contribution in [0.1, 0.15) is 17.1 Å². The highest BCUT2D eigenvalue weighted by Crippen LogP contribution is 2.29. The van der Waals surface area contributed by atoms with Crippen LogP contribution in [-0.2, 0) is 6.18 Å². The Balaban J connectivity index is 2.75. The predicted molar refractivity (Wildman–Crippen MR) is 49.3 cm³/mol. The number of hydrogen-bond donors (Lipinski definition) is 0. The number of aromatic nitrogens is 1. The summed E-state index contributed by atoms with van der Waals surface area (Å²) in [4.78, 5) is 3.33. The van der Waals surface area contributed by atoms with Crippen LogP contribution in [0, 0.1) is 11.8 Å². The van der Waals surface area contributed by atoms with Crippen LogP contribution in [0.15, 0.2) is 5.38 Å². The number of thiazole rings is 1. The Kier molecular flexibility index (Phi) is 3.78. The van der Waals surface area contributed by atoms with Crippen LogP contribution in [0.4, 0.5) is 13.2 Å². The molecule has 0 aliphatic heterocycles. The molecule has 1 heterocycles. The first kappa shape index (κ1) is 11.3. The molecule has 1 aromatic heterocycles. The molecule has 0 fully saturated rings. The Bertz CT molecular complexity index is 361. The zero-order chi connectivity index (χ0) is 10.6. The van der Waals surface area contributed by atoms with Crippen molar-refractivity contribution in [2.45, 2.75) is 12.6 Å². The molecule has 0 spiro atoms. The molecule has 0 radical (unpaired) electrons. The highest BCUT2D eigenvalue weighted by Gasteiger charge is 2.33. The molecular formula is C8H5ClF3NS. The van der Waals surface area contributed by atoms with Gasteiger partial charge in [0.15, 0.2) is 10.7 Å². The number of nitrogens with zero attached hydrogens (tertiary/aromatic N) is 1. The van der Waals surface area contributed by atoms with E-state index in [-0.39, 0.29) is 5.01 Å². The van der Waals surface area contributed by atoms with Gasteiger partial charge in [-0.05, 0) is 5.92 Å². The molecule has 0 N–H and O–H groups in total. The maximum absolute atomic E-state index is 12.1. The third-order valence-electron chi connectivity index (χ3n) is 1.21. The van der Waals surface area contributed by atoms with E-state index in [4.69, 9.17) is 11.6 Å². The van der Waals surface area contributed by atoms with Gasteiger partial charge in [0.25, 0.3) is 0 Å². The molecule has 0 amide bonds. The van der Waals surface area contributed by atoms with Gasteiger partial charge >= 0.3 is 6.18 Å². The highest BCUT2D eigenvalue weighted by molar-refractivity contribution is 7.10. The average Bonchev–Trinajstić information content (AvgIpc) is 2.52. The Hall–Kier alpha value is -0.730. The van der Waals surface area contributed by atoms with E-state index < -0.39 is 11.9 Å².